The zero-order chi connectivity index (χ0) is 25.1. The van der Waals surface area contributed by atoms with E-state index in [9.17, 15) is 4.79 Å². The molecule has 0 aliphatic heterocycles. The molecular weight excluding hydrogens is 434 g/mol. The number of hydrogen-bond donors (Lipinski definition) is 0. The van der Waals surface area contributed by atoms with Gasteiger partial charge in [-0.15, -0.1) is 0 Å². The third-order valence-corrected chi connectivity index (χ3v) is 6.72. The highest BCUT2D eigenvalue weighted by Gasteiger charge is 2.14. The van der Waals surface area contributed by atoms with Crippen LogP contribution in [-0.2, 0) is 4.79 Å². The van der Waals surface area contributed by atoms with Gasteiger partial charge in [-0.2, -0.15) is 0 Å². The van der Waals surface area contributed by atoms with Crippen LogP contribution in [0.4, 0.5) is 0 Å². The van der Waals surface area contributed by atoms with Gasteiger partial charge in [-0.25, -0.2) is 0 Å². The Bertz CT molecular complexity index is 835. The van der Waals surface area contributed by atoms with Crippen LogP contribution in [0.15, 0.2) is 42.7 Å². The number of carbonyl (C=O) groups excluding carboxylic acids is 1. The molecule has 0 amide bonds. The van der Waals surface area contributed by atoms with Gasteiger partial charge in [0.1, 0.15) is 11.5 Å². The van der Waals surface area contributed by atoms with Crippen LogP contribution in [0.5, 0.6) is 11.5 Å². The Morgan fingerprint density at radius 3 is 2.26 bits per heavy atom. The summed E-state index contributed by atoms with van der Waals surface area (Å²) in [6.07, 6.45) is 19.8. The summed E-state index contributed by atoms with van der Waals surface area (Å²) in [6, 6.07) is 9.64. The van der Waals surface area contributed by atoms with Crippen LogP contribution < -0.4 is 9.47 Å². The van der Waals surface area contributed by atoms with Crippen LogP contribution in [0.1, 0.15) is 111 Å². The van der Waals surface area contributed by atoms with E-state index in [1.807, 2.05) is 30.3 Å². The molecule has 194 valence electrons. The molecule has 1 unspecified atom stereocenters. The average Bonchev–Trinajstić information content (AvgIpc) is 2.88. The molecule has 4 heteroatoms. The van der Waals surface area contributed by atoms with Crippen LogP contribution in [0.25, 0.3) is 11.1 Å². The normalized spacial score (nSPS) is 11.9. The van der Waals surface area contributed by atoms with Gasteiger partial charge in [-0.1, -0.05) is 110 Å². The van der Waals surface area contributed by atoms with Crippen molar-refractivity contribution < 1.29 is 14.3 Å². The molecule has 0 aliphatic rings. The Balaban J connectivity index is 1.84. The fraction of sp³-hybridized carbons (Fsp3) is 0.613. The number of aromatic nitrogens is 1. The molecule has 0 fully saturated rings. The zero-order valence-corrected chi connectivity index (χ0v) is 22.4. The van der Waals surface area contributed by atoms with E-state index in [4.69, 9.17) is 9.47 Å². The number of para-hydroxylation sites is 1. The lowest BCUT2D eigenvalue weighted by Crippen LogP contribution is -2.09. The van der Waals surface area contributed by atoms with Crippen molar-refractivity contribution in [3.05, 3.63) is 42.7 Å². The van der Waals surface area contributed by atoms with Crippen LogP contribution in [0, 0.1) is 5.92 Å². The minimum Gasteiger partial charge on any atom is -0.491 e. The maximum atomic E-state index is 12.5. The number of benzene rings is 1. The predicted octanol–water partition coefficient (Wildman–Crippen LogP) is 9.17. The van der Waals surface area contributed by atoms with Gasteiger partial charge in [-0.05, 0) is 30.9 Å². The van der Waals surface area contributed by atoms with E-state index >= 15 is 0 Å². The second-order valence-corrected chi connectivity index (χ2v) is 9.78. The number of hydrogen-bond acceptors (Lipinski definition) is 4. The number of pyridine rings is 1. The summed E-state index contributed by atoms with van der Waals surface area (Å²) in [5.41, 5.74) is 1.78. The molecule has 35 heavy (non-hydrogen) atoms. The number of ether oxygens (including phenoxy) is 2. The van der Waals surface area contributed by atoms with Crippen molar-refractivity contribution in [2.24, 2.45) is 5.92 Å². The molecule has 1 heterocycles. The summed E-state index contributed by atoms with van der Waals surface area (Å²) >= 11 is 0. The first kappa shape index (κ1) is 28.9. The second kappa shape index (κ2) is 18.0. The molecule has 0 N–H and O–H groups in total. The maximum Gasteiger partial charge on any atom is 0.311 e. The van der Waals surface area contributed by atoms with E-state index in [-0.39, 0.29) is 5.97 Å². The van der Waals surface area contributed by atoms with Crippen molar-refractivity contribution in [3.8, 4) is 22.6 Å². The molecule has 4 nitrogen and oxygen atoms in total. The summed E-state index contributed by atoms with van der Waals surface area (Å²) in [6.45, 7) is 7.41. The van der Waals surface area contributed by atoms with Gasteiger partial charge in [0, 0.05) is 23.7 Å². The fourth-order valence-electron chi connectivity index (χ4n) is 4.23. The van der Waals surface area contributed by atoms with Crippen molar-refractivity contribution >= 4 is 5.97 Å². The second-order valence-electron chi connectivity index (χ2n) is 9.78. The van der Waals surface area contributed by atoms with Gasteiger partial charge in [0.2, 0.25) is 0 Å². The zero-order valence-electron chi connectivity index (χ0n) is 22.4. The smallest absolute Gasteiger partial charge is 0.311 e. The molecule has 0 saturated carbocycles. The lowest BCUT2D eigenvalue weighted by Gasteiger charge is -2.14. The predicted molar refractivity (Wildman–Crippen MR) is 146 cm³/mol. The van der Waals surface area contributed by atoms with Crippen molar-refractivity contribution in [1.82, 2.24) is 4.98 Å². The molecule has 1 aromatic carbocycles. The van der Waals surface area contributed by atoms with E-state index in [1.54, 1.807) is 12.4 Å². The quantitative estimate of drug-likeness (QED) is 0.114. The van der Waals surface area contributed by atoms with E-state index in [2.05, 4.69) is 25.8 Å². The van der Waals surface area contributed by atoms with Crippen molar-refractivity contribution in [2.75, 3.05) is 6.61 Å². The Kier molecular flexibility index (Phi) is 14.8. The Hall–Kier alpha value is -2.36. The standard InChI is InChI=1S/C31H47NO3/c1-4-6-7-8-9-10-11-12-17-24-34-30-25-32-23-22-28(30)27-19-14-15-20-29(27)35-31(33)21-16-13-18-26(3)5-2/h14-15,19-20,22-23,25-26H,4-13,16-18,21,24H2,1-3H3. The molecule has 2 aromatic rings. The van der Waals surface area contributed by atoms with Gasteiger partial charge >= 0.3 is 5.97 Å². The Morgan fingerprint density at radius 1 is 0.829 bits per heavy atom. The molecule has 1 aromatic heterocycles. The van der Waals surface area contributed by atoms with E-state index < -0.39 is 0 Å². The summed E-state index contributed by atoms with van der Waals surface area (Å²) in [5.74, 6) is 1.86. The third-order valence-electron chi connectivity index (χ3n) is 6.72. The number of carbonyl (C=O) groups is 1. The third kappa shape index (κ3) is 11.7. The van der Waals surface area contributed by atoms with E-state index in [0.717, 1.165) is 42.6 Å². The fourth-order valence-corrected chi connectivity index (χ4v) is 4.23. The molecular formula is C31H47NO3. The van der Waals surface area contributed by atoms with Gasteiger partial charge < -0.3 is 9.47 Å². The summed E-state index contributed by atoms with van der Waals surface area (Å²) in [7, 11) is 0. The molecule has 0 aliphatic carbocycles. The van der Waals surface area contributed by atoms with Crippen LogP contribution >= 0.6 is 0 Å². The average molecular weight is 482 g/mol. The summed E-state index contributed by atoms with van der Waals surface area (Å²) in [5, 5.41) is 0. The molecule has 0 saturated heterocycles. The van der Waals surface area contributed by atoms with Crippen molar-refractivity contribution in [1.29, 1.82) is 0 Å². The first-order valence-corrected chi connectivity index (χ1v) is 14.0. The first-order valence-electron chi connectivity index (χ1n) is 14.0. The highest BCUT2D eigenvalue weighted by atomic mass is 16.5. The Labute approximate surface area is 213 Å². The number of rotatable bonds is 19. The number of esters is 1. The van der Waals surface area contributed by atoms with Crippen LogP contribution in [0.3, 0.4) is 0 Å². The molecule has 0 bridgehead atoms. The highest BCUT2D eigenvalue weighted by molar-refractivity contribution is 5.80. The minimum atomic E-state index is -0.173. The Morgan fingerprint density at radius 2 is 1.51 bits per heavy atom. The van der Waals surface area contributed by atoms with Gasteiger partial charge in [0.25, 0.3) is 0 Å². The van der Waals surface area contributed by atoms with Crippen LogP contribution in [-0.4, -0.2) is 17.6 Å². The number of nitrogens with zero attached hydrogens (tertiary/aromatic N) is 1. The summed E-state index contributed by atoms with van der Waals surface area (Å²) < 4.78 is 11.9. The lowest BCUT2D eigenvalue weighted by molar-refractivity contribution is -0.134. The molecule has 0 radical (unpaired) electrons. The molecule has 2 rings (SSSR count). The lowest BCUT2D eigenvalue weighted by atomic mass is 10.0. The highest BCUT2D eigenvalue weighted by Crippen LogP contribution is 2.36. The van der Waals surface area contributed by atoms with Crippen molar-refractivity contribution in [2.45, 2.75) is 111 Å². The van der Waals surface area contributed by atoms with Gasteiger partial charge in [0.15, 0.2) is 0 Å². The SMILES string of the molecule is CCCCCCCCCCCOc1cnccc1-c1ccccc1OC(=O)CCCCC(C)CC. The van der Waals surface area contributed by atoms with Gasteiger partial charge in [-0.3, -0.25) is 9.78 Å². The molecule has 1 atom stereocenters. The largest absolute Gasteiger partial charge is 0.491 e. The molecule has 0 spiro atoms. The number of unbranched alkanes of at least 4 members (excludes halogenated alkanes) is 9. The van der Waals surface area contributed by atoms with Crippen molar-refractivity contribution in [3.63, 3.8) is 0 Å². The van der Waals surface area contributed by atoms with Gasteiger partial charge in [0.05, 0.1) is 12.8 Å². The topological polar surface area (TPSA) is 48.4 Å². The monoisotopic (exact) mass is 481 g/mol. The first-order chi connectivity index (χ1) is 17.2. The van der Waals surface area contributed by atoms with E-state index in [1.165, 1.54) is 57.8 Å². The van der Waals surface area contributed by atoms with Crippen LogP contribution in [0.2, 0.25) is 0 Å². The van der Waals surface area contributed by atoms with E-state index in [0.29, 0.717) is 24.7 Å². The minimum absolute atomic E-state index is 0.173. The maximum absolute atomic E-state index is 12.5. The summed E-state index contributed by atoms with van der Waals surface area (Å²) in [4.78, 5) is 16.8.